The van der Waals surface area contributed by atoms with Gasteiger partial charge < -0.3 is 19.5 Å². The Morgan fingerprint density at radius 3 is 2.86 bits per heavy atom. The first-order chi connectivity index (χ1) is 10.7. The van der Waals surface area contributed by atoms with Gasteiger partial charge >= 0.3 is 0 Å². The molecule has 0 saturated heterocycles. The van der Waals surface area contributed by atoms with E-state index in [1.54, 1.807) is 13.2 Å². The number of amides is 1. The molecule has 0 aliphatic rings. The molecule has 3 aromatic rings. The molecule has 6 nitrogen and oxygen atoms in total. The van der Waals surface area contributed by atoms with Gasteiger partial charge in [-0.15, -0.1) is 0 Å². The molecule has 0 spiro atoms. The van der Waals surface area contributed by atoms with Crippen LogP contribution in [0.2, 0.25) is 0 Å². The molecule has 0 saturated carbocycles. The molecule has 0 radical (unpaired) electrons. The Kier molecular flexibility index (Phi) is 3.65. The molecule has 1 aromatic carbocycles. The number of carbonyl (C=O) groups is 2. The third kappa shape index (κ3) is 2.71. The maximum atomic E-state index is 11.8. The van der Waals surface area contributed by atoms with E-state index in [9.17, 15) is 9.59 Å². The lowest BCUT2D eigenvalue weighted by Gasteiger charge is -2.01. The van der Waals surface area contributed by atoms with Crippen molar-refractivity contribution >= 4 is 22.6 Å². The average Bonchev–Trinajstić information content (AvgIpc) is 3.19. The van der Waals surface area contributed by atoms with Crippen LogP contribution in [-0.4, -0.2) is 23.8 Å². The molecular weight excluding hydrogens is 284 g/mol. The molecule has 2 aromatic heterocycles. The van der Waals surface area contributed by atoms with Crippen molar-refractivity contribution in [3.8, 4) is 5.75 Å². The van der Waals surface area contributed by atoms with Gasteiger partial charge in [-0.1, -0.05) is 0 Å². The van der Waals surface area contributed by atoms with E-state index < -0.39 is 11.7 Å². The summed E-state index contributed by atoms with van der Waals surface area (Å²) >= 11 is 0. The monoisotopic (exact) mass is 298 g/mol. The lowest BCUT2D eigenvalue weighted by molar-refractivity contribution is -0.117. The predicted octanol–water partition coefficient (Wildman–Crippen LogP) is 2.27. The summed E-state index contributed by atoms with van der Waals surface area (Å²) in [6, 6.07) is 10.6. The topological polar surface area (TPSA) is 84.3 Å². The lowest BCUT2D eigenvalue weighted by atomic mass is 10.2. The lowest BCUT2D eigenvalue weighted by Crippen LogP contribution is -2.30. The minimum Gasteiger partial charge on any atom is -0.497 e. The van der Waals surface area contributed by atoms with Gasteiger partial charge in [-0.25, -0.2) is 0 Å². The van der Waals surface area contributed by atoms with E-state index in [-0.39, 0.29) is 12.3 Å². The largest absolute Gasteiger partial charge is 0.497 e. The molecule has 1 amide bonds. The molecule has 6 heteroatoms. The molecule has 2 heterocycles. The van der Waals surface area contributed by atoms with Crippen LogP contribution in [0.25, 0.3) is 10.9 Å². The second-order valence-electron chi connectivity index (χ2n) is 4.74. The number of H-pyrrole nitrogens is 1. The standard InChI is InChI=1S/C16H14N2O4/c1-21-12-4-5-13-10(8-12)7-11(18-13)9-17-16(20)15(19)14-3-2-6-22-14/h2-8,18H,9H2,1H3,(H,17,20). The van der Waals surface area contributed by atoms with Gasteiger partial charge in [-0.3, -0.25) is 9.59 Å². The predicted molar refractivity (Wildman–Crippen MR) is 79.7 cm³/mol. The van der Waals surface area contributed by atoms with E-state index in [4.69, 9.17) is 9.15 Å². The Bertz CT molecular complexity index is 818. The maximum absolute atomic E-state index is 11.8. The number of rotatable bonds is 5. The van der Waals surface area contributed by atoms with Gasteiger partial charge in [-0.2, -0.15) is 0 Å². The minimum atomic E-state index is -0.703. The quantitative estimate of drug-likeness (QED) is 0.559. The van der Waals surface area contributed by atoms with Gasteiger partial charge in [0.15, 0.2) is 5.76 Å². The number of Topliss-reactive ketones (excluding diaryl/α,β-unsaturated/α-hetero) is 1. The van der Waals surface area contributed by atoms with Crippen LogP contribution < -0.4 is 10.1 Å². The summed E-state index contributed by atoms with van der Waals surface area (Å²) in [7, 11) is 1.61. The summed E-state index contributed by atoms with van der Waals surface area (Å²) in [6.07, 6.45) is 1.35. The third-order valence-corrected chi connectivity index (χ3v) is 3.27. The van der Waals surface area contributed by atoms with E-state index in [1.165, 1.54) is 12.3 Å². The molecule has 0 aliphatic carbocycles. The first kappa shape index (κ1) is 13.9. The van der Waals surface area contributed by atoms with Crippen LogP contribution in [0.15, 0.2) is 47.1 Å². The summed E-state index contributed by atoms with van der Waals surface area (Å²) in [6.45, 7) is 0.224. The summed E-state index contributed by atoms with van der Waals surface area (Å²) in [5, 5.41) is 3.54. The molecule has 3 rings (SSSR count). The highest BCUT2D eigenvalue weighted by Crippen LogP contribution is 2.21. The maximum Gasteiger partial charge on any atom is 0.296 e. The van der Waals surface area contributed by atoms with Crippen LogP contribution in [0.1, 0.15) is 16.2 Å². The van der Waals surface area contributed by atoms with Gasteiger partial charge in [0, 0.05) is 16.6 Å². The van der Waals surface area contributed by atoms with Crippen molar-refractivity contribution in [3.05, 3.63) is 54.1 Å². The molecule has 112 valence electrons. The first-order valence-corrected chi connectivity index (χ1v) is 6.69. The van der Waals surface area contributed by atoms with E-state index >= 15 is 0 Å². The highest BCUT2D eigenvalue weighted by molar-refractivity contribution is 6.41. The molecular formula is C16H14N2O4. The van der Waals surface area contributed by atoms with Crippen LogP contribution in [-0.2, 0) is 11.3 Å². The summed E-state index contributed by atoms with van der Waals surface area (Å²) in [5.74, 6) is -0.608. The zero-order chi connectivity index (χ0) is 15.5. The number of aromatic nitrogens is 1. The normalized spacial score (nSPS) is 10.6. The molecule has 2 N–H and O–H groups in total. The number of fused-ring (bicyclic) bond motifs is 1. The van der Waals surface area contributed by atoms with Gasteiger partial charge in [0.05, 0.1) is 19.9 Å². The highest BCUT2D eigenvalue weighted by atomic mass is 16.5. The Morgan fingerprint density at radius 2 is 2.14 bits per heavy atom. The second kappa shape index (κ2) is 5.77. The van der Waals surface area contributed by atoms with Crippen molar-refractivity contribution in [3.63, 3.8) is 0 Å². The number of aromatic amines is 1. The summed E-state index contributed by atoms with van der Waals surface area (Å²) < 4.78 is 10.1. The third-order valence-electron chi connectivity index (χ3n) is 3.27. The van der Waals surface area contributed by atoms with Crippen molar-refractivity contribution < 1.29 is 18.7 Å². The minimum absolute atomic E-state index is 0.0267. The number of hydrogen-bond acceptors (Lipinski definition) is 4. The number of ketones is 1. The van der Waals surface area contributed by atoms with Crippen molar-refractivity contribution in [1.82, 2.24) is 10.3 Å². The van der Waals surface area contributed by atoms with Gasteiger partial charge in [0.2, 0.25) is 0 Å². The summed E-state index contributed by atoms with van der Waals surface area (Å²) in [5.41, 5.74) is 1.73. The Hall–Kier alpha value is -3.02. The SMILES string of the molecule is COc1ccc2[nH]c(CNC(=O)C(=O)c3ccco3)cc2c1. The number of furan rings is 1. The molecule has 0 atom stereocenters. The van der Waals surface area contributed by atoms with Crippen LogP contribution in [0.3, 0.4) is 0 Å². The van der Waals surface area contributed by atoms with Crippen molar-refractivity contribution in [2.45, 2.75) is 6.54 Å². The fraction of sp³-hybridized carbons (Fsp3) is 0.125. The number of ether oxygens (including phenoxy) is 1. The Labute approximate surface area is 126 Å². The van der Waals surface area contributed by atoms with Gasteiger partial charge in [-0.05, 0) is 36.4 Å². The average molecular weight is 298 g/mol. The van der Waals surface area contributed by atoms with Crippen LogP contribution in [0.4, 0.5) is 0 Å². The Morgan fingerprint density at radius 1 is 1.27 bits per heavy atom. The fourth-order valence-corrected chi connectivity index (χ4v) is 2.17. The van der Waals surface area contributed by atoms with Crippen LogP contribution >= 0.6 is 0 Å². The van der Waals surface area contributed by atoms with E-state index in [1.807, 2.05) is 24.3 Å². The molecule has 0 aliphatic heterocycles. The zero-order valence-corrected chi connectivity index (χ0v) is 11.9. The fourth-order valence-electron chi connectivity index (χ4n) is 2.17. The van der Waals surface area contributed by atoms with Crippen LogP contribution in [0, 0.1) is 0 Å². The van der Waals surface area contributed by atoms with Crippen LogP contribution in [0.5, 0.6) is 5.75 Å². The Balaban J connectivity index is 1.68. The van der Waals surface area contributed by atoms with Crippen molar-refractivity contribution in [2.24, 2.45) is 0 Å². The van der Waals surface area contributed by atoms with E-state index in [0.717, 1.165) is 22.3 Å². The molecule has 22 heavy (non-hydrogen) atoms. The number of methoxy groups -OCH3 is 1. The number of hydrogen-bond donors (Lipinski definition) is 2. The van der Waals surface area contributed by atoms with Crippen molar-refractivity contribution in [1.29, 1.82) is 0 Å². The second-order valence-corrected chi connectivity index (χ2v) is 4.74. The zero-order valence-electron chi connectivity index (χ0n) is 11.9. The molecule has 0 bridgehead atoms. The van der Waals surface area contributed by atoms with E-state index in [0.29, 0.717) is 0 Å². The highest BCUT2D eigenvalue weighted by Gasteiger charge is 2.18. The van der Waals surface area contributed by atoms with Crippen molar-refractivity contribution in [2.75, 3.05) is 7.11 Å². The first-order valence-electron chi connectivity index (χ1n) is 6.69. The molecule has 0 fully saturated rings. The van der Waals surface area contributed by atoms with Gasteiger partial charge in [0.25, 0.3) is 11.7 Å². The molecule has 0 unspecified atom stereocenters. The summed E-state index contributed by atoms with van der Waals surface area (Å²) in [4.78, 5) is 26.7. The number of benzene rings is 1. The number of carbonyl (C=O) groups excluding carboxylic acids is 2. The smallest absolute Gasteiger partial charge is 0.296 e. The number of nitrogens with one attached hydrogen (secondary N) is 2. The van der Waals surface area contributed by atoms with E-state index in [2.05, 4.69) is 10.3 Å². The van der Waals surface area contributed by atoms with Gasteiger partial charge in [0.1, 0.15) is 5.75 Å².